The van der Waals surface area contributed by atoms with Crippen LogP contribution in [0, 0.1) is 0 Å². The molecule has 0 aliphatic rings. The number of hydrogen-bond donors (Lipinski definition) is 1. The average molecular weight is 467 g/mol. The maximum absolute atomic E-state index is 13.4. The number of carbonyl (C=O) groups is 2. The average Bonchev–Trinajstić information content (AvgIpc) is 2.83. The fourth-order valence-electron chi connectivity index (χ4n) is 3.69. The fraction of sp³-hybridized carbons (Fsp3) is 0.333. The molecule has 0 unspecified atom stereocenters. The van der Waals surface area contributed by atoms with Gasteiger partial charge >= 0.3 is 0 Å². The molecule has 0 heterocycles. The third kappa shape index (κ3) is 6.48. The van der Waals surface area contributed by atoms with Crippen molar-refractivity contribution in [2.45, 2.75) is 52.2 Å². The van der Waals surface area contributed by atoms with Gasteiger partial charge in [0.2, 0.25) is 5.91 Å². The molecule has 0 aliphatic heterocycles. The van der Waals surface area contributed by atoms with Gasteiger partial charge in [-0.1, -0.05) is 74.0 Å². The first kappa shape index (κ1) is 24.6. The number of hydrogen-bond acceptors (Lipinski definition) is 3. The Hall–Kier alpha value is -3.05. The first-order valence-electron chi connectivity index (χ1n) is 11.4. The molecule has 0 radical (unpaired) electrons. The van der Waals surface area contributed by atoms with Crippen molar-refractivity contribution in [3.05, 3.63) is 77.3 Å². The van der Waals surface area contributed by atoms with Gasteiger partial charge in [0.05, 0.1) is 0 Å². The standard InChI is InChI=1S/C27H31ClN2O3/c1-4-19(3)29-27(32)24(5-2)30(17-20-13-15-22(28)16-14-20)26(31)18-33-25-12-8-10-21-9-6-7-11-23(21)25/h6-16,19,24H,4-5,17-18H2,1-3H3,(H,29,32)/t19-,24+/m1/s1. The van der Waals surface area contributed by atoms with E-state index >= 15 is 0 Å². The third-order valence-corrected chi connectivity index (χ3v) is 6.01. The van der Waals surface area contributed by atoms with E-state index in [-0.39, 0.29) is 24.5 Å². The molecule has 0 aliphatic carbocycles. The van der Waals surface area contributed by atoms with Crippen molar-refractivity contribution >= 4 is 34.2 Å². The topological polar surface area (TPSA) is 58.6 Å². The molecule has 3 rings (SSSR count). The van der Waals surface area contributed by atoms with Gasteiger partial charge in [-0.2, -0.15) is 0 Å². The lowest BCUT2D eigenvalue weighted by atomic mass is 10.1. The van der Waals surface area contributed by atoms with E-state index in [1.54, 1.807) is 17.0 Å². The smallest absolute Gasteiger partial charge is 0.261 e. The molecule has 6 heteroatoms. The van der Waals surface area contributed by atoms with Crippen LogP contribution in [0.2, 0.25) is 5.02 Å². The van der Waals surface area contributed by atoms with Gasteiger partial charge in [-0.05, 0) is 48.9 Å². The van der Waals surface area contributed by atoms with Gasteiger partial charge in [0, 0.05) is 23.0 Å². The summed E-state index contributed by atoms with van der Waals surface area (Å²) in [5, 5.41) is 5.62. The summed E-state index contributed by atoms with van der Waals surface area (Å²) in [5.41, 5.74) is 0.896. The highest BCUT2D eigenvalue weighted by atomic mass is 35.5. The predicted octanol–water partition coefficient (Wildman–Crippen LogP) is 5.59. The van der Waals surface area contributed by atoms with Crippen molar-refractivity contribution in [3.8, 4) is 5.75 Å². The van der Waals surface area contributed by atoms with Crippen LogP contribution >= 0.6 is 11.6 Å². The molecule has 0 fully saturated rings. The molecule has 174 valence electrons. The largest absolute Gasteiger partial charge is 0.483 e. The van der Waals surface area contributed by atoms with Crippen molar-refractivity contribution < 1.29 is 14.3 Å². The van der Waals surface area contributed by atoms with E-state index in [2.05, 4.69) is 5.32 Å². The summed E-state index contributed by atoms with van der Waals surface area (Å²) in [4.78, 5) is 28.0. The Labute approximate surface area is 200 Å². The first-order valence-corrected chi connectivity index (χ1v) is 11.8. The van der Waals surface area contributed by atoms with Crippen LogP contribution in [0.5, 0.6) is 5.75 Å². The number of carbonyl (C=O) groups excluding carboxylic acids is 2. The van der Waals surface area contributed by atoms with E-state index in [9.17, 15) is 9.59 Å². The van der Waals surface area contributed by atoms with Gasteiger partial charge in [-0.3, -0.25) is 9.59 Å². The molecule has 0 saturated carbocycles. The molecule has 1 N–H and O–H groups in total. The summed E-state index contributed by atoms with van der Waals surface area (Å²) in [6, 6.07) is 20.4. The molecule has 0 aromatic heterocycles. The Kier molecular flexibility index (Phi) is 8.72. The summed E-state index contributed by atoms with van der Waals surface area (Å²) in [6.07, 6.45) is 1.31. The number of amides is 2. The minimum absolute atomic E-state index is 0.0333. The van der Waals surface area contributed by atoms with Crippen molar-refractivity contribution in [3.63, 3.8) is 0 Å². The Morgan fingerprint density at radius 2 is 1.67 bits per heavy atom. The van der Waals surface area contributed by atoms with Crippen molar-refractivity contribution in [1.29, 1.82) is 0 Å². The lowest BCUT2D eigenvalue weighted by molar-refractivity contribution is -0.143. The molecule has 2 amide bonds. The van der Waals surface area contributed by atoms with Gasteiger partial charge < -0.3 is 15.0 Å². The molecule has 3 aromatic carbocycles. The molecular weight excluding hydrogens is 436 g/mol. The summed E-state index contributed by atoms with van der Waals surface area (Å²) < 4.78 is 5.95. The molecule has 2 atom stereocenters. The Balaban J connectivity index is 1.82. The normalized spacial score (nSPS) is 12.7. The Morgan fingerprint density at radius 3 is 2.36 bits per heavy atom. The zero-order chi connectivity index (χ0) is 23.8. The minimum Gasteiger partial charge on any atom is -0.483 e. The fourth-order valence-corrected chi connectivity index (χ4v) is 3.82. The van der Waals surface area contributed by atoms with E-state index in [0.717, 1.165) is 22.8 Å². The van der Waals surface area contributed by atoms with E-state index in [1.807, 2.05) is 75.4 Å². The zero-order valence-corrected chi connectivity index (χ0v) is 20.1. The van der Waals surface area contributed by atoms with Crippen LogP contribution in [-0.4, -0.2) is 35.4 Å². The summed E-state index contributed by atoms with van der Waals surface area (Å²) in [6.45, 7) is 6.02. The second kappa shape index (κ2) is 11.7. The third-order valence-electron chi connectivity index (χ3n) is 5.75. The van der Waals surface area contributed by atoms with Crippen LogP contribution in [0.1, 0.15) is 39.2 Å². The highest BCUT2D eigenvalue weighted by Crippen LogP contribution is 2.25. The highest BCUT2D eigenvalue weighted by molar-refractivity contribution is 6.30. The lowest BCUT2D eigenvalue weighted by Gasteiger charge is -2.31. The van der Waals surface area contributed by atoms with E-state index in [0.29, 0.717) is 23.7 Å². The number of ether oxygens (including phenoxy) is 1. The van der Waals surface area contributed by atoms with Gasteiger partial charge in [-0.15, -0.1) is 0 Å². The number of nitrogens with one attached hydrogen (secondary N) is 1. The SMILES string of the molecule is CC[C@@H](C)NC(=O)[C@H](CC)N(Cc1ccc(Cl)cc1)C(=O)COc1cccc2ccccc12. The maximum atomic E-state index is 13.4. The molecule has 5 nitrogen and oxygen atoms in total. The number of halogens is 1. The molecule has 0 saturated heterocycles. The molecule has 0 spiro atoms. The van der Waals surface area contributed by atoms with Crippen molar-refractivity contribution in [2.75, 3.05) is 6.61 Å². The number of benzene rings is 3. The predicted molar refractivity (Wildman–Crippen MR) is 133 cm³/mol. The Bertz CT molecular complexity index is 1080. The van der Waals surface area contributed by atoms with E-state index in [1.165, 1.54) is 0 Å². The van der Waals surface area contributed by atoms with Gasteiger partial charge in [0.1, 0.15) is 11.8 Å². The zero-order valence-electron chi connectivity index (χ0n) is 19.4. The molecule has 0 bridgehead atoms. The van der Waals surface area contributed by atoms with E-state index in [4.69, 9.17) is 16.3 Å². The summed E-state index contributed by atoms with van der Waals surface area (Å²) in [5.74, 6) is 0.244. The van der Waals surface area contributed by atoms with Crippen LogP contribution in [0.3, 0.4) is 0 Å². The number of rotatable bonds is 10. The highest BCUT2D eigenvalue weighted by Gasteiger charge is 2.29. The molecule has 3 aromatic rings. The summed E-state index contributed by atoms with van der Waals surface area (Å²) in [7, 11) is 0. The van der Waals surface area contributed by atoms with Crippen LogP contribution in [0.4, 0.5) is 0 Å². The van der Waals surface area contributed by atoms with Crippen molar-refractivity contribution in [1.82, 2.24) is 10.2 Å². The van der Waals surface area contributed by atoms with Gasteiger partial charge in [-0.25, -0.2) is 0 Å². The second-order valence-corrected chi connectivity index (χ2v) is 8.59. The van der Waals surface area contributed by atoms with Gasteiger partial charge in [0.15, 0.2) is 6.61 Å². The minimum atomic E-state index is -0.599. The quantitative estimate of drug-likeness (QED) is 0.423. The van der Waals surface area contributed by atoms with Crippen LogP contribution in [0.15, 0.2) is 66.7 Å². The monoisotopic (exact) mass is 466 g/mol. The van der Waals surface area contributed by atoms with Crippen LogP contribution in [0.25, 0.3) is 10.8 Å². The first-order chi connectivity index (χ1) is 15.9. The molecular formula is C27H31ClN2O3. The summed E-state index contributed by atoms with van der Waals surface area (Å²) >= 11 is 6.02. The second-order valence-electron chi connectivity index (χ2n) is 8.16. The number of fused-ring (bicyclic) bond motifs is 1. The lowest BCUT2D eigenvalue weighted by Crippen LogP contribution is -2.51. The van der Waals surface area contributed by atoms with E-state index < -0.39 is 6.04 Å². The number of nitrogens with zero attached hydrogens (tertiary/aromatic N) is 1. The van der Waals surface area contributed by atoms with Gasteiger partial charge in [0.25, 0.3) is 5.91 Å². The molecule has 33 heavy (non-hydrogen) atoms. The van der Waals surface area contributed by atoms with Crippen LogP contribution in [-0.2, 0) is 16.1 Å². The maximum Gasteiger partial charge on any atom is 0.261 e. The Morgan fingerprint density at radius 1 is 0.970 bits per heavy atom. The van der Waals surface area contributed by atoms with Crippen LogP contribution < -0.4 is 10.1 Å². The van der Waals surface area contributed by atoms with Crippen molar-refractivity contribution in [2.24, 2.45) is 0 Å².